The fraction of sp³-hybridized carbons (Fsp3) is 0.167. The Morgan fingerprint density at radius 2 is 2.29 bits per heavy atom. The van der Waals surface area contributed by atoms with Gasteiger partial charge in [-0.15, -0.1) is 0 Å². The second kappa shape index (κ2) is 4.69. The summed E-state index contributed by atoms with van der Waals surface area (Å²) >= 11 is 0. The molecule has 1 aromatic carbocycles. The van der Waals surface area contributed by atoms with Crippen molar-refractivity contribution in [3.8, 4) is 0 Å². The number of nitrogens with zero attached hydrogens (tertiary/aromatic N) is 2. The van der Waals surface area contributed by atoms with Crippen LogP contribution in [0.2, 0.25) is 0 Å². The Bertz CT molecular complexity index is 534. The molecule has 0 fully saturated rings. The molecule has 0 unspecified atom stereocenters. The van der Waals surface area contributed by atoms with Crippen LogP contribution in [0.3, 0.4) is 0 Å². The summed E-state index contributed by atoms with van der Waals surface area (Å²) in [4.78, 5) is 14.8. The zero-order valence-electron chi connectivity index (χ0n) is 9.21. The van der Waals surface area contributed by atoms with Crippen molar-refractivity contribution in [1.29, 1.82) is 0 Å². The number of aromatic nitrogens is 2. The largest absolute Gasteiger partial charge is 0.480 e. The summed E-state index contributed by atoms with van der Waals surface area (Å²) in [6, 6.07) is 7.48. The maximum Gasteiger partial charge on any atom is 0.323 e. The lowest BCUT2D eigenvalue weighted by molar-refractivity contribution is -0.137. The third-order valence-corrected chi connectivity index (χ3v) is 2.42. The van der Waals surface area contributed by atoms with Crippen molar-refractivity contribution < 1.29 is 9.90 Å². The molecule has 0 radical (unpaired) electrons. The molecule has 0 saturated heterocycles. The number of nitrogens with two attached hydrogens (primary N) is 1. The highest BCUT2D eigenvalue weighted by Crippen LogP contribution is 2.11. The third kappa shape index (κ3) is 2.84. The molecular weight excluding hydrogens is 218 g/mol. The number of benzene rings is 1. The number of hydrogen-bond acceptors (Lipinski definition) is 3. The molecule has 0 saturated carbocycles. The van der Waals surface area contributed by atoms with Gasteiger partial charge in [0.2, 0.25) is 0 Å². The van der Waals surface area contributed by atoms with E-state index in [1.54, 1.807) is 17.0 Å². The maximum atomic E-state index is 10.7. The molecular formula is C12H13N3O2. The first-order valence-electron chi connectivity index (χ1n) is 5.21. The summed E-state index contributed by atoms with van der Waals surface area (Å²) in [6.45, 7) is -0.0718. The summed E-state index contributed by atoms with van der Waals surface area (Å²) in [5.41, 5.74) is 7.39. The Morgan fingerprint density at radius 1 is 1.47 bits per heavy atom. The van der Waals surface area contributed by atoms with Crippen LogP contribution in [0.1, 0.15) is 11.4 Å². The van der Waals surface area contributed by atoms with Crippen molar-refractivity contribution in [2.45, 2.75) is 13.0 Å². The van der Waals surface area contributed by atoms with Gasteiger partial charge in [0.1, 0.15) is 12.4 Å². The molecule has 17 heavy (non-hydrogen) atoms. The lowest BCUT2D eigenvalue weighted by Crippen LogP contribution is -2.11. The summed E-state index contributed by atoms with van der Waals surface area (Å²) in [7, 11) is 0. The zero-order chi connectivity index (χ0) is 12.3. The number of hydrogen-bond donors (Lipinski definition) is 2. The van der Waals surface area contributed by atoms with Crippen LogP contribution in [0.15, 0.2) is 36.7 Å². The van der Waals surface area contributed by atoms with E-state index in [4.69, 9.17) is 10.8 Å². The van der Waals surface area contributed by atoms with Crippen molar-refractivity contribution in [3.63, 3.8) is 0 Å². The molecule has 0 aliphatic rings. The van der Waals surface area contributed by atoms with Crippen LogP contribution in [0.4, 0.5) is 5.69 Å². The van der Waals surface area contributed by atoms with E-state index in [0.717, 1.165) is 11.4 Å². The fourth-order valence-electron chi connectivity index (χ4n) is 1.68. The highest BCUT2D eigenvalue weighted by molar-refractivity contribution is 5.66. The fourth-order valence-corrected chi connectivity index (χ4v) is 1.68. The first-order chi connectivity index (χ1) is 8.15. The lowest BCUT2D eigenvalue weighted by Gasteiger charge is -2.05. The number of imidazole rings is 1. The van der Waals surface area contributed by atoms with E-state index in [1.807, 2.05) is 24.3 Å². The highest BCUT2D eigenvalue weighted by Gasteiger charge is 2.07. The van der Waals surface area contributed by atoms with E-state index in [9.17, 15) is 4.79 Å². The summed E-state index contributed by atoms with van der Waals surface area (Å²) in [5.74, 6) is -0.158. The lowest BCUT2D eigenvalue weighted by atomic mass is 10.1. The molecule has 1 aromatic heterocycles. The number of anilines is 1. The Morgan fingerprint density at radius 3 is 3.00 bits per heavy atom. The van der Waals surface area contributed by atoms with Gasteiger partial charge < -0.3 is 15.4 Å². The van der Waals surface area contributed by atoms with Gasteiger partial charge in [-0.25, -0.2) is 4.98 Å². The number of aliphatic carboxylic acids is 1. The van der Waals surface area contributed by atoms with Crippen LogP contribution in [-0.4, -0.2) is 20.6 Å². The number of carboxylic acids is 1. The minimum Gasteiger partial charge on any atom is -0.480 e. The third-order valence-electron chi connectivity index (χ3n) is 2.42. The zero-order valence-corrected chi connectivity index (χ0v) is 9.21. The molecule has 2 aromatic rings. The summed E-state index contributed by atoms with van der Waals surface area (Å²) < 4.78 is 1.62. The SMILES string of the molecule is Nc1cccc(Cc2nccn2CC(=O)O)c1. The molecule has 0 aliphatic carbocycles. The molecule has 0 amide bonds. The molecule has 5 heteroatoms. The smallest absolute Gasteiger partial charge is 0.323 e. The Kier molecular flexibility index (Phi) is 3.09. The summed E-state index contributed by atoms with van der Waals surface area (Å²) in [6.07, 6.45) is 3.84. The van der Waals surface area contributed by atoms with Crippen LogP contribution in [-0.2, 0) is 17.8 Å². The molecule has 0 bridgehead atoms. The minimum atomic E-state index is -0.878. The average molecular weight is 231 g/mol. The van der Waals surface area contributed by atoms with Gasteiger partial charge in [-0.1, -0.05) is 12.1 Å². The topological polar surface area (TPSA) is 81.1 Å². The minimum absolute atomic E-state index is 0.0718. The van der Waals surface area contributed by atoms with Crippen LogP contribution >= 0.6 is 0 Å². The molecule has 1 heterocycles. The van der Waals surface area contributed by atoms with Crippen LogP contribution in [0.5, 0.6) is 0 Å². The normalized spacial score (nSPS) is 10.4. The van der Waals surface area contributed by atoms with Crippen molar-refractivity contribution in [2.24, 2.45) is 0 Å². The van der Waals surface area contributed by atoms with Gasteiger partial charge in [0.05, 0.1) is 0 Å². The average Bonchev–Trinajstić information content (AvgIpc) is 2.65. The first kappa shape index (κ1) is 11.2. The van der Waals surface area contributed by atoms with E-state index in [0.29, 0.717) is 12.1 Å². The second-order valence-corrected chi connectivity index (χ2v) is 3.79. The van der Waals surface area contributed by atoms with E-state index in [1.165, 1.54) is 0 Å². The second-order valence-electron chi connectivity index (χ2n) is 3.79. The van der Waals surface area contributed by atoms with E-state index in [-0.39, 0.29) is 6.54 Å². The van der Waals surface area contributed by atoms with Crippen molar-refractivity contribution in [2.75, 3.05) is 5.73 Å². The monoisotopic (exact) mass is 231 g/mol. The van der Waals surface area contributed by atoms with Crippen molar-refractivity contribution >= 4 is 11.7 Å². The number of rotatable bonds is 4. The molecule has 0 spiro atoms. The Balaban J connectivity index is 2.18. The predicted molar refractivity (Wildman–Crippen MR) is 63.5 cm³/mol. The number of nitrogen functional groups attached to an aromatic ring is 1. The maximum absolute atomic E-state index is 10.7. The molecule has 0 aliphatic heterocycles. The molecule has 0 atom stereocenters. The predicted octanol–water partition coefficient (Wildman–Crippen LogP) is 1.14. The van der Waals surface area contributed by atoms with Gasteiger partial charge >= 0.3 is 5.97 Å². The van der Waals surface area contributed by atoms with Crippen LogP contribution < -0.4 is 5.73 Å². The number of carbonyl (C=O) groups is 1. The van der Waals surface area contributed by atoms with E-state index in [2.05, 4.69) is 4.98 Å². The first-order valence-corrected chi connectivity index (χ1v) is 5.21. The quantitative estimate of drug-likeness (QED) is 0.773. The molecule has 2 rings (SSSR count). The van der Waals surface area contributed by atoms with Gasteiger partial charge in [0, 0.05) is 24.5 Å². The number of carboxylic acid groups (broad SMARTS) is 1. The van der Waals surface area contributed by atoms with Gasteiger partial charge in [0.15, 0.2) is 0 Å². The van der Waals surface area contributed by atoms with Gasteiger partial charge in [0.25, 0.3) is 0 Å². The van der Waals surface area contributed by atoms with Gasteiger partial charge in [-0.2, -0.15) is 0 Å². The Hall–Kier alpha value is -2.30. The highest BCUT2D eigenvalue weighted by atomic mass is 16.4. The van der Waals surface area contributed by atoms with Gasteiger partial charge in [-0.05, 0) is 17.7 Å². The van der Waals surface area contributed by atoms with Gasteiger partial charge in [-0.3, -0.25) is 4.79 Å². The standard InChI is InChI=1S/C12H13N3O2/c13-10-3-1-2-9(6-10)7-11-14-4-5-15(11)8-12(16)17/h1-6H,7-8,13H2,(H,16,17). The summed E-state index contributed by atoms with van der Waals surface area (Å²) in [5, 5.41) is 8.75. The van der Waals surface area contributed by atoms with E-state index < -0.39 is 5.97 Å². The van der Waals surface area contributed by atoms with E-state index >= 15 is 0 Å². The van der Waals surface area contributed by atoms with Crippen molar-refractivity contribution in [1.82, 2.24) is 9.55 Å². The van der Waals surface area contributed by atoms with Crippen LogP contribution in [0, 0.1) is 0 Å². The molecule has 3 N–H and O–H groups in total. The molecule has 5 nitrogen and oxygen atoms in total. The van der Waals surface area contributed by atoms with Crippen LogP contribution in [0.25, 0.3) is 0 Å². The molecule has 88 valence electrons. The van der Waals surface area contributed by atoms with Crippen molar-refractivity contribution in [3.05, 3.63) is 48.0 Å². The Labute approximate surface area is 98.5 Å².